The number of imide groups is 2. The molecule has 1 heterocycles. The van der Waals surface area contributed by atoms with E-state index in [-0.39, 0.29) is 11.8 Å². The third-order valence-corrected chi connectivity index (χ3v) is 2.85. The molecule has 0 aromatic carbocycles. The Morgan fingerprint density at radius 3 is 2.26 bits per heavy atom. The van der Waals surface area contributed by atoms with Gasteiger partial charge in [0.05, 0.1) is 0 Å². The molecule has 0 unspecified atom stereocenters. The van der Waals surface area contributed by atoms with Gasteiger partial charge < -0.3 is 5.32 Å². The Morgan fingerprint density at radius 1 is 1.16 bits per heavy atom. The van der Waals surface area contributed by atoms with Gasteiger partial charge in [0, 0.05) is 12.5 Å². The first-order valence-corrected chi connectivity index (χ1v) is 6.35. The van der Waals surface area contributed by atoms with E-state index in [1.54, 1.807) is 0 Å². The molecule has 1 saturated heterocycles. The maximum absolute atomic E-state index is 11.4. The average Bonchev–Trinajstić information content (AvgIpc) is 2.30. The molecular formula is C12H19N3O4. The Balaban J connectivity index is 2.22. The number of hydrogen-bond donors (Lipinski definition) is 3. The van der Waals surface area contributed by atoms with E-state index in [9.17, 15) is 19.2 Å². The molecule has 0 saturated carbocycles. The zero-order valence-electron chi connectivity index (χ0n) is 11.1. The van der Waals surface area contributed by atoms with E-state index in [1.165, 1.54) is 0 Å². The summed E-state index contributed by atoms with van der Waals surface area (Å²) < 4.78 is 0. The Morgan fingerprint density at radius 2 is 1.74 bits per heavy atom. The number of urea groups is 1. The van der Waals surface area contributed by atoms with Crippen LogP contribution in [0.5, 0.6) is 0 Å². The third-order valence-electron chi connectivity index (χ3n) is 2.85. The van der Waals surface area contributed by atoms with E-state index in [0.717, 1.165) is 0 Å². The van der Waals surface area contributed by atoms with Gasteiger partial charge in [-0.3, -0.25) is 25.0 Å². The largest absolute Gasteiger partial charge is 0.356 e. The monoisotopic (exact) mass is 269 g/mol. The smallest absolute Gasteiger partial charge is 0.328 e. The summed E-state index contributed by atoms with van der Waals surface area (Å²) in [7, 11) is 0. The first-order chi connectivity index (χ1) is 8.91. The lowest BCUT2D eigenvalue weighted by Crippen LogP contribution is -2.55. The van der Waals surface area contributed by atoms with Gasteiger partial charge in [0.1, 0.15) is 5.92 Å². The van der Waals surface area contributed by atoms with Gasteiger partial charge in [-0.1, -0.05) is 20.3 Å². The van der Waals surface area contributed by atoms with Gasteiger partial charge in [-0.15, -0.1) is 0 Å². The van der Waals surface area contributed by atoms with Crippen LogP contribution in [0.3, 0.4) is 0 Å². The second kappa shape index (κ2) is 6.86. The Bertz CT molecular complexity index is 372. The molecule has 3 N–H and O–H groups in total. The van der Waals surface area contributed by atoms with Crippen molar-refractivity contribution in [1.82, 2.24) is 16.0 Å². The van der Waals surface area contributed by atoms with E-state index < -0.39 is 23.8 Å². The highest BCUT2D eigenvalue weighted by Gasteiger charge is 2.33. The van der Waals surface area contributed by atoms with Gasteiger partial charge in [0.15, 0.2) is 0 Å². The molecule has 0 bridgehead atoms. The molecule has 0 aromatic rings. The topological polar surface area (TPSA) is 104 Å². The summed E-state index contributed by atoms with van der Waals surface area (Å²) >= 11 is 0. The van der Waals surface area contributed by atoms with Crippen molar-refractivity contribution in [2.75, 3.05) is 6.54 Å². The lowest BCUT2D eigenvalue weighted by atomic mass is 9.99. The van der Waals surface area contributed by atoms with Crippen LogP contribution in [0.4, 0.5) is 4.79 Å². The summed E-state index contributed by atoms with van der Waals surface area (Å²) in [5.41, 5.74) is 0. The summed E-state index contributed by atoms with van der Waals surface area (Å²) in [6, 6.07) is -0.768. The van der Waals surface area contributed by atoms with Crippen LogP contribution in [-0.4, -0.2) is 30.3 Å². The first-order valence-electron chi connectivity index (χ1n) is 6.35. The van der Waals surface area contributed by atoms with Gasteiger partial charge in [-0.25, -0.2) is 4.79 Å². The van der Waals surface area contributed by atoms with Crippen LogP contribution >= 0.6 is 0 Å². The Labute approximate surface area is 111 Å². The fraction of sp³-hybridized carbons (Fsp3) is 0.667. The molecule has 106 valence electrons. The molecule has 19 heavy (non-hydrogen) atoms. The van der Waals surface area contributed by atoms with E-state index in [4.69, 9.17) is 0 Å². The first kappa shape index (κ1) is 15.1. The van der Waals surface area contributed by atoms with Crippen LogP contribution in [0.15, 0.2) is 0 Å². The van der Waals surface area contributed by atoms with Gasteiger partial charge in [-0.2, -0.15) is 0 Å². The van der Waals surface area contributed by atoms with Crippen LogP contribution in [0.25, 0.3) is 0 Å². The van der Waals surface area contributed by atoms with E-state index in [1.807, 2.05) is 13.8 Å². The molecule has 1 fully saturated rings. The zero-order chi connectivity index (χ0) is 14.4. The fourth-order valence-electron chi connectivity index (χ4n) is 1.70. The number of carbonyl (C=O) groups excluding carboxylic acids is 4. The lowest BCUT2D eigenvalue weighted by Gasteiger charge is -2.20. The molecule has 0 spiro atoms. The van der Waals surface area contributed by atoms with Gasteiger partial charge in [0.2, 0.25) is 17.7 Å². The Kier molecular flexibility index (Phi) is 5.47. The van der Waals surface area contributed by atoms with Gasteiger partial charge in [-0.05, 0) is 12.8 Å². The van der Waals surface area contributed by atoms with Crippen LogP contribution in [-0.2, 0) is 14.4 Å². The summed E-state index contributed by atoms with van der Waals surface area (Å²) in [5, 5.41) is 6.86. The average molecular weight is 269 g/mol. The molecular weight excluding hydrogens is 250 g/mol. The summed E-state index contributed by atoms with van der Waals surface area (Å²) in [6.07, 6.45) is 1.67. The lowest BCUT2D eigenvalue weighted by molar-refractivity contribution is -0.136. The highest BCUT2D eigenvalue weighted by atomic mass is 16.2. The zero-order valence-corrected chi connectivity index (χ0v) is 11.1. The van der Waals surface area contributed by atoms with Gasteiger partial charge in [0.25, 0.3) is 0 Å². The van der Waals surface area contributed by atoms with Crippen molar-refractivity contribution in [3.8, 4) is 0 Å². The molecule has 7 heteroatoms. The minimum atomic E-state index is -0.821. The highest BCUT2D eigenvalue weighted by molar-refractivity contribution is 6.16. The molecule has 1 rings (SSSR count). The highest BCUT2D eigenvalue weighted by Crippen LogP contribution is 2.11. The molecule has 0 aromatic heterocycles. The van der Waals surface area contributed by atoms with E-state index >= 15 is 0 Å². The minimum absolute atomic E-state index is 0.0150. The van der Waals surface area contributed by atoms with Crippen molar-refractivity contribution in [2.24, 2.45) is 11.8 Å². The van der Waals surface area contributed by atoms with E-state index in [2.05, 4.69) is 16.0 Å². The number of amides is 5. The quantitative estimate of drug-likeness (QED) is 0.463. The van der Waals surface area contributed by atoms with Crippen molar-refractivity contribution < 1.29 is 19.2 Å². The van der Waals surface area contributed by atoms with Crippen molar-refractivity contribution in [2.45, 2.75) is 33.1 Å². The maximum atomic E-state index is 11.4. The molecule has 7 nitrogen and oxygen atoms in total. The van der Waals surface area contributed by atoms with Crippen molar-refractivity contribution in [1.29, 1.82) is 0 Å². The third kappa shape index (κ3) is 4.69. The molecule has 0 atom stereocenters. The van der Waals surface area contributed by atoms with Crippen LogP contribution < -0.4 is 16.0 Å². The number of unbranched alkanes of at least 4 members (excludes halogenated alkanes) is 1. The summed E-state index contributed by atoms with van der Waals surface area (Å²) in [4.78, 5) is 44.9. The minimum Gasteiger partial charge on any atom is -0.356 e. The molecule has 1 aliphatic rings. The number of rotatable bonds is 6. The summed E-state index contributed by atoms with van der Waals surface area (Å²) in [6.45, 7) is 4.14. The molecule has 0 radical (unpaired) electrons. The second-order valence-electron chi connectivity index (χ2n) is 4.80. The van der Waals surface area contributed by atoms with Crippen molar-refractivity contribution >= 4 is 23.8 Å². The number of barbiturate groups is 1. The molecule has 1 aliphatic heterocycles. The molecule has 0 aliphatic carbocycles. The standard InChI is InChI=1S/C12H19N3O4/c1-7(2)9(16)13-6-4-3-5-8-10(17)14-12(19)15-11(8)18/h7-8H,3-6H2,1-2H3,(H,13,16)(H2,14,15,17,18,19). The number of nitrogens with one attached hydrogen (secondary N) is 3. The summed E-state index contributed by atoms with van der Waals surface area (Å²) in [5.74, 6) is -2.00. The van der Waals surface area contributed by atoms with Gasteiger partial charge >= 0.3 is 6.03 Å². The molecule has 5 amide bonds. The number of hydrogen-bond acceptors (Lipinski definition) is 4. The predicted molar refractivity (Wildman–Crippen MR) is 66.9 cm³/mol. The normalized spacial score (nSPS) is 16.3. The second-order valence-corrected chi connectivity index (χ2v) is 4.80. The van der Waals surface area contributed by atoms with Crippen molar-refractivity contribution in [3.63, 3.8) is 0 Å². The van der Waals surface area contributed by atoms with Crippen molar-refractivity contribution in [3.05, 3.63) is 0 Å². The van der Waals surface area contributed by atoms with Crippen LogP contribution in [0.2, 0.25) is 0 Å². The van der Waals surface area contributed by atoms with Crippen LogP contribution in [0.1, 0.15) is 33.1 Å². The van der Waals surface area contributed by atoms with Crippen LogP contribution in [0, 0.1) is 11.8 Å². The predicted octanol–water partition coefficient (Wildman–Crippen LogP) is -0.0889. The SMILES string of the molecule is CC(C)C(=O)NCCCCC1C(=O)NC(=O)NC1=O. The Hall–Kier alpha value is -1.92. The van der Waals surface area contributed by atoms with E-state index in [0.29, 0.717) is 25.8 Å². The fourth-order valence-corrected chi connectivity index (χ4v) is 1.70. The maximum Gasteiger partial charge on any atom is 0.328 e. The number of carbonyl (C=O) groups is 4.